The molecular weight excluding hydrogens is 326 g/mol. The van der Waals surface area contributed by atoms with Gasteiger partial charge in [-0.25, -0.2) is 9.97 Å². The standard InChI is InChI=1S/C15H13N7OS/c1-22-6-4-10(21-23)12-14(22)20-19-13(18-12)11-8-17-15(24-11)9-3-2-5-16-7-9/h2-3,5,7-8,10H,4,6H2,1H3. The van der Waals surface area contributed by atoms with E-state index < -0.39 is 6.04 Å². The maximum Gasteiger partial charge on any atom is 0.193 e. The second-order valence-electron chi connectivity index (χ2n) is 5.45. The van der Waals surface area contributed by atoms with Crippen molar-refractivity contribution < 1.29 is 0 Å². The van der Waals surface area contributed by atoms with Gasteiger partial charge in [0.25, 0.3) is 0 Å². The molecule has 1 aliphatic rings. The summed E-state index contributed by atoms with van der Waals surface area (Å²) < 4.78 is 0. The highest BCUT2D eigenvalue weighted by molar-refractivity contribution is 7.18. The van der Waals surface area contributed by atoms with Gasteiger partial charge in [-0.3, -0.25) is 4.98 Å². The van der Waals surface area contributed by atoms with Gasteiger partial charge in [-0.1, -0.05) is 5.18 Å². The molecule has 1 aliphatic heterocycles. The van der Waals surface area contributed by atoms with Crippen LogP contribution in [0.25, 0.3) is 21.3 Å². The molecule has 120 valence electrons. The fourth-order valence-corrected chi connectivity index (χ4v) is 3.43. The molecule has 0 amide bonds. The summed E-state index contributed by atoms with van der Waals surface area (Å²) in [5.74, 6) is 1.08. The molecule has 0 radical (unpaired) electrons. The van der Waals surface area contributed by atoms with E-state index in [4.69, 9.17) is 0 Å². The van der Waals surface area contributed by atoms with Gasteiger partial charge < -0.3 is 4.90 Å². The quantitative estimate of drug-likeness (QED) is 0.677. The van der Waals surface area contributed by atoms with Crippen LogP contribution < -0.4 is 4.90 Å². The Kier molecular flexibility index (Phi) is 3.69. The Morgan fingerprint density at radius 1 is 1.33 bits per heavy atom. The van der Waals surface area contributed by atoms with Gasteiger partial charge in [0.15, 0.2) is 11.6 Å². The fraction of sp³-hybridized carbons (Fsp3) is 0.267. The van der Waals surface area contributed by atoms with Gasteiger partial charge >= 0.3 is 0 Å². The molecule has 0 N–H and O–H groups in total. The average molecular weight is 339 g/mol. The van der Waals surface area contributed by atoms with Crippen LogP contribution in [0.3, 0.4) is 0 Å². The summed E-state index contributed by atoms with van der Waals surface area (Å²) in [6, 6.07) is 3.34. The number of anilines is 1. The molecule has 0 aromatic carbocycles. The maximum absolute atomic E-state index is 11.1. The van der Waals surface area contributed by atoms with Crippen LogP contribution in [0.1, 0.15) is 18.2 Å². The van der Waals surface area contributed by atoms with E-state index in [1.807, 2.05) is 24.1 Å². The Balaban J connectivity index is 1.73. The number of thiazole rings is 1. The summed E-state index contributed by atoms with van der Waals surface area (Å²) in [4.78, 5) is 26.9. The molecule has 8 nitrogen and oxygen atoms in total. The molecule has 0 spiro atoms. The minimum Gasteiger partial charge on any atom is -0.357 e. The molecule has 1 unspecified atom stereocenters. The normalized spacial score (nSPS) is 16.7. The van der Waals surface area contributed by atoms with Crippen molar-refractivity contribution in [2.75, 3.05) is 18.5 Å². The van der Waals surface area contributed by atoms with Gasteiger partial charge in [0, 0.05) is 37.7 Å². The summed E-state index contributed by atoms with van der Waals surface area (Å²) in [5, 5.41) is 12.5. The Bertz CT molecular complexity index is 883. The third kappa shape index (κ3) is 2.52. The third-order valence-corrected chi connectivity index (χ3v) is 4.91. The minimum absolute atomic E-state index is 0.463. The first-order valence-corrected chi connectivity index (χ1v) is 8.22. The van der Waals surface area contributed by atoms with Crippen molar-refractivity contribution >= 4 is 17.2 Å². The zero-order valence-electron chi connectivity index (χ0n) is 12.8. The molecule has 0 bridgehead atoms. The van der Waals surface area contributed by atoms with Crippen molar-refractivity contribution in [3.63, 3.8) is 0 Å². The zero-order valence-corrected chi connectivity index (χ0v) is 13.6. The van der Waals surface area contributed by atoms with E-state index in [1.165, 1.54) is 11.3 Å². The van der Waals surface area contributed by atoms with Gasteiger partial charge in [0.2, 0.25) is 0 Å². The number of aromatic nitrogens is 5. The Labute approximate surface area is 141 Å². The molecule has 4 rings (SSSR count). The summed E-state index contributed by atoms with van der Waals surface area (Å²) in [6.45, 7) is 0.713. The first kappa shape index (κ1) is 14.8. The van der Waals surface area contributed by atoms with E-state index in [-0.39, 0.29) is 0 Å². The summed E-state index contributed by atoms with van der Waals surface area (Å²) in [7, 11) is 1.91. The minimum atomic E-state index is -0.476. The Hall–Kier alpha value is -2.81. The summed E-state index contributed by atoms with van der Waals surface area (Å²) >= 11 is 1.46. The number of rotatable bonds is 3. The second-order valence-corrected chi connectivity index (χ2v) is 6.48. The van der Waals surface area contributed by atoms with Crippen LogP contribution in [0.15, 0.2) is 35.9 Å². The molecule has 0 saturated carbocycles. The van der Waals surface area contributed by atoms with Gasteiger partial charge in [-0.05, 0) is 18.6 Å². The molecule has 0 fully saturated rings. The highest BCUT2D eigenvalue weighted by Crippen LogP contribution is 2.35. The average Bonchev–Trinajstić information content (AvgIpc) is 3.13. The maximum atomic E-state index is 11.1. The lowest BCUT2D eigenvalue weighted by Crippen LogP contribution is -2.29. The predicted octanol–water partition coefficient (Wildman–Crippen LogP) is 2.70. The molecule has 3 aromatic rings. The lowest BCUT2D eigenvalue weighted by atomic mass is 10.1. The fourth-order valence-electron chi connectivity index (χ4n) is 2.59. The van der Waals surface area contributed by atoms with Crippen molar-refractivity contribution in [3.05, 3.63) is 41.3 Å². The van der Waals surface area contributed by atoms with Crippen molar-refractivity contribution in [1.82, 2.24) is 25.1 Å². The van der Waals surface area contributed by atoms with E-state index in [2.05, 4.69) is 30.3 Å². The summed E-state index contributed by atoms with van der Waals surface area (Å²) in [6.07, 6.45) is 5.83. The van der Waals surface area contributed by atoms with E-state index in [9.17, 15) is 4.91 Å². The van der Waals surface area contributed by atoms with Crippen molar-refractivity contribution in [2.24, 2.45) is 5.18 Å². The van der Waals surface area contributed by atoms with Gasteiger partial charge in [0.1, 0.15) is 16.7 Å². The van der Waals surface area contributed by atoms with Crippen LogP contribution >= 0.6 is 11.3 Å². The summed E-state index contributed by atoms with van der Waals surface area (Å²) in [5.41, 5.74) is 1.52. The van der Waals surface area contributed by atoms with Crippen LogP contribution in [-0.2, 0) is 0 Å². The van der Waals surface area contributed by atoms with Crippen LogP contribution in [0.2, 0.25) is 0 Å². The molecule has 24 heavy (non-hydrogen) atoms. The number of pyridine rings is 1. The van der Waals surface area contributed by atoms with Gasteiger partial charge in [-0.2, -0.15) is 4.91 Å². The Morgan fingerprint density at radius 3 is 3.04 bits per heavy atom. The number of nitrogens with zero attached hydrogens (tertiary/aromatic N) is 7. The molecular formula is C15H13N7OS. The lowest BCUT2D eigenvalue weighted by molar-refractivity contribution is 0.581. The molecule has 1 atom stereocenters. The number of nitroso groups, excluding NO2 is 1. The Morgan fingerprint density at radius 2 is 2.25 bits per heavy atom. The highest BCUT2D eigenvalue weighted by atomic mass is 32.1. The first-order chi connectivity index (χ1) is 11.8. The predicted molar refractivity (Wildman–Crippen MR) is 90.6 cm³/mol. The van der Waals surface area contributed by atoms with Crippen LogP contribution in [0, 0.1) is 4.91 Å². The van der Waals surface area contributed by atoms with Crippen LogP contribution in [-0.4, -0.2) is 38.7 Å². The first-order valence-electron chi connectivity index (χ1n) is 7.41. The lowest BCUT2D eigenvalue weighted by Gasteiger charge is -2.27. The van der Waals surface area contributed by atoms with Crippen molar-refractivity contribution in [2.45, 2.75) is 12.5 Å². The molecule has 9 heteroatoms. The molecule has 0 aliphatic carbocycles. The number of hydrogen-bond donors (Lipinski definition) is 0. The van der Waals surface area contributed by atoms with Crippen LogP contribution in [0.5, 0.6) is 0 Å². The largest absolute Gasteiger partial charge is 0.357 e. The van der Waals surface area contributed by atoms with Crippen molar-refractivity contribution in [3.8, 4) is 21.3 Å². The number of fused-ring (bicyclic) bond motifs is 1. The van der Waals surface area contributed by atoms with E-state index in [0.717, 1.165) is 15.4 Å². The topological polar surface area (TPSA) is 97.1 Å². The van der Waals surface area contributed by atoms with Gasteiger partial charge in [0.05, 0.1) is 4.88 Å². The smallest absolute Gasteiger partial charge is 0.193 e. The molecule has 3 aromatic heterocycles. The second kappa shape index (κ2) is 6.00. The SMILES string of the molecule is CN1CCC(N=O)c2nc(-c3cnc(-c4cccnc4)s3)nnc21. The molecule has 4 heterocycles. The highest BCUT2D eigenvalue weighted by Gasteiger charge is 2.28. The third-order valence-electron chi connectivity index (χ3n) is 3.87. The van der Waals surface area contributed by atoms with Crippen molar-refractivity contribution in [1.29, 1.82) is 0 Å². The number of hydrogen-bond acceptors (Lipinski definition) is 9. The van der Waals surface area contributed by atoms with Gasteiger partial charge in [-0.15, -0.1) is 21.5 Å². The van der Waals surface area contributed by atoms with Crippen LogP contribution in [0.4, 0.5) is 5.82 Å². The van der Waals surface area contributed by atoms with E-state index in [0.29, 0.717) is 30.3 Å². The monoisotopic (exact) mass is 339 g/mol. The van der Waals surface area contributed by atoms with E-state index >= 15 is 0 Å². The van der Waals surface area contributed by atoms with E-state index in [1.54, 1.807) is 18.6 Å². The zero-order chi connectivity index (χ0) is 16.5. The molecule has 0 saturated heterocycles.